The lowest BCUT2D eigenvalue weighted by molar-refractivity contribution is -0.0206. The SMILES string of the molecule is COc1cc(CNC23CC4CC(CC(C4)C2)C3)cc(Cl)c1OCc1ccccc1F.Cl. The molecule has 0 heterocycles. The zero-order valence-corrected chi connectivity index (χ0v) is 19.4. The highest BCUT2D eigenvalue weighted by Gasteiger charge is 2.50. The maximum atomic E-state index is 13.9. The minimum atomic E-state index is -0.288. The molecule has 0 radical (unpaired) electrons. The molecule has 2 aromatic rings. The molecule has 6 heteroatoms. The number of ether oxygens (including phenoxy) is 2. The van der Waals surface area contributed by atoms with Gasteiger partial charge in [0.2, 0.25) is 0 Å². The highest BCUT2D eigenvalue weighted by atomic mass is 35.5. The van der Waals surface area contributed by atoms with Crippen molar-refractivity contribution in [3.05, 3.63) is 58.4 Å². The lowest BCUT2D eigenvalue weighted by Gasteiger charge is -2.57. The molecule has 1 N–H and O–H groups in total. The monoisotopic (exact) mass is 465 g/mol. The fourth-order valence-electron chi connectivity index (χ4n) is 6.40. The van der Waals surface area contributed by atoms with Crippen LogP contribution in [0.15, 0.2) is 36.4 Å². The van der Waals surface area contributed by atoms with Crippen molar-refractivity contribution in [3.8, 4) is 11.5 Å². The van der Waals surface area contributed by atoms with E-state index in [1.165, 1.54) is 44.6 Å². The van der Waals surface area contributed by atoms with E-state index in [4.69, 9.17) is 21.1 Å². The first-order valence-electron chi connectivity index (χ1n) is 11.0. The summed E-state index contributed by atoms with van der Waals surface area (Å²) >= 11 is 6.55. The van der Waals surface area contributed by atoms with E-state index < -0.39 is 0 Å². The van der Waals surface area contributed by atoms with Crippen LogP contribution in [-0.4, -0.2) is 12.6 Å². The number of rotatable bonds is 7. The molecule has 4 aliphatic rings. The van der Waals surface area contributed by atoms with Gasteiger partial charge < -0.3 is 14.8 Å². The van der Waals surface area contributed by atoms with Crippen molar-refractivity contribution in [2.24, 2.45) is 17.8 Å². The van der Waals surface area contributed by atoms with E-state index in [1.807, 2.05) is 12.1 Å². The van der Waals surface area contributed by atoms with Crippen molar-refractivity contribution >= 4 is 24.0 Å². The second kappa shape index (κ2) is 9.17. The topological polar surface area (TPSA) is 30.5 Å². The molecule has 3 nitrogen and oxygen atoms in total. The summed E-state index contributed by atoms with van der Waals surface area (Å²) in [5, 5.41) is 4.40. The summed E-state index contributed by atoms with van der Waals surface area (Å²) in [7, 11) is 1.61. The molecule has 6 rings (SSSR count). The van der Waals surface area contributed by atoms with Crippen LogP contribution in [0.1, 0.15) is 49.7 Å². The average molecular weight is 466 g/mol. The van der Waals surface area contributed by atoms with Gasteiger partial charge in [0.1, 0.15) is 12.4 Å². The van der Waals surface area contributed by atoms with Crippen LogP contribution < -0.4 is 14.8 Å². The van der Waals surface area contributed by atoms with Crippen LogP contribution in [0.25, 0.3) is 0 Å². The van der Waals surface area contributed by atoms with Crippen LogP contribution in [-0.2, 0) is 13.2 Å². The minimum Gasteiger partial charge on any atom is -0.493 e. The first-order valence-corrected chi connectivity index (χ1v) is 11.4. The van der Waals surface area contributed by atoms with Crippen LogP contribution in [0.5, 0.6) is 11.5 Å². The van der Waals surface area contributed by atoms with Crippen LogP contribution >= 0.6 is 24.0 Å². The van der Waals surface area contributed by atoms with Crippen LogP contribution in [0, 0.1) is 23.6 Å². The van der Waals surface area contributed by atoms with E-state index in [9.17, 15) is 4.39 Å². The Bertz CT molecular complexity index is 900. The van der Waals surface area contributed by atoms with Crippen LogP contribution in [0.2, 0.25) is 5.02 Å². The summed E-state index contributed by atoms with van der Waals surface area (Å²) < 4.78 is 25.3. The summed E-state index contributed by atoms with van der Waals surface area (Å²) in [5.41, 5.74) is 1.88. The van der Waals surface area contributed by atoms with Gasteiger partial charge in [0, 0.05) is 17.6 Å². The van der Waals surface area contributed by atoms with E-state index in [0.29, 0.717) is 27.6 Å². The molecular weight excluding hydrogens is 436 g/mol. The molecular formula is C25H30Cl2FNO2. The van der Waals surface area contributed by atoms with Gasteiger partial charge in [-0.15, -0.1) is 12.4 Å². The van der Waals surface area contributed by atoms with Crippen LogP contribution in [0.4, 0.5) is 4.39 Å². The van der Waals surface area contributed by atoms with Gasteiger partial charge in [-0.05, 0) is 80.0 Å². The second-order valence-corrected chi connectivity index (χ2v) is 9.95. The highest BCUT2D eigenvalue weighted by Crippen LogP contribution is 2.55. The number of halogens is 3. The molecule has 0 amide bonds. The first kappa shape index (κ1) is 22.7. The number of hydrogen-bond donors (Lipinski definition) is 1. The van der Waals surface area contributed by atoms with Crippen molar-refractivity contribution in [2.75, 3.05) is 7.11 Å². The highest BCUT2D eigenvalue weighted by molar-refractivity contribution is 6.32. The largest absolute Gasteiger partial charge is 0.493 e. The maximum Gasteiger partial charge on any atom is 0.180 e. The van der Waals surface area contributed by atoms with Gasteiger partial charge in [-0.3, -0.25) is 0 Å². The quantitative estimate of drug-likeness (QED) is 0.502. The molecule has 4 saturated carbocycles. The zero-order chi connectivity index (χ0) is 20.7. The van der Waals surface area contributed by atoms with Gasteiger partial charge in [-0.2, -0.15) is 0 Å². The molecule has 0 atom stereocenters. The Morgan fingerprint density at radius 1 is 1.06 bits per heavy atom. The smallest absolute Gasteiger partial charge is 0.180 e. The summed E-state index contributed by atoms with van der Waals surface area (Å²) in [5.74, 6) is 3.49. The Labute approximate surface area is 195 Å². The van der Waals surface area contributed by atoms with Gasteiger partial charge in [0.15, 0.2) is 11.5 Å². The van der Waals surface area contributed by atoms with Crippen molar-refractivity contribution in [2.45, 2.75) is 57.2 Å². The number of nitrogens with one attached hydrogen (secondary N) is 1. The van der Waals surface area contributed by atoms with E-state index in [1.54, 1.807) is 25.3 Å². The van der Waals surface area contributed by atoms with Crippen molar-refractivity contribution in [1.29, 1.82) is 0 Å². The van der Waals surface area contributed by atoms with Gasteiger partial charge in [-0.25, -0.2) is 4.39 Å². The van der Waals surface area contributed by atoms with E-state index in [0.717, 1.165) is 29.9 Å². The Morgan fingerprint density at radius 3 is 2.32 bits per heavy atom. The minimum absolute atomic E-state index is 0. The average Bonchev–Trinajstić information content (AvgIpc) is 2.71. The second-order valence-electron chi connectivity index (χ2n) is 9.54. The number of benzene rings is 2. The lowest BCUT2D eigenvalue weighted by Crippen LogP contribution is -2.58. The fraction of sp³-hybridized carbons (Fsp3) is 0.520. The van der Waals surface area contributed by atoms with E-state index in [2.05, 4.69) is 5.32 Å². The van der Waals surface area contributed by atoms with E-state index >= 15 is 0 Å². The molecule has 31 heavy (non-hydrogen) atoms. The lowest BCUT2D eigenvalue weighted by atomic mass is 9.53. The molecule has 0 unspecified atom stereocenters. The molecule has 4 fully saturated rings. The van der Waals surface area contributed by atoms with Gasteiger partial charge in [0.05, 0.1) is 12.1 Å². The predicted octanol–water partition coefficient (Wildman–Crippen LogP) is 6.55. The summed E-state index contributed by atoms with van der Waals surface area (Å²) in [6.07, 6.45) is 8.26. The van der Waals surface area contributed by atoms with Crippen molar-refractivity contribution in [1.82, 2.24) is 5.32 Å². The standard InChI is InChI=1S/C25H29ClFNO2.ClH/c1-29-23-10-19(9-21(26)24(23)30-15-20-4-2-3-5-22(20)27)14-28-25-11-16-6-17(12-25)8-18(7-16)13-25;/h2-5,9-10,16-18,28H,6-8,11-15H2,1H3;1H. The molecule has 0 aromatic heterocycles. The molecule has 4 aliphatic carbocycles. The van der Waals surface area contributed by atoms with Crippen molar-refractivity contribution in [3.63, 3.8) is 0 Å². The van der Waals surface area contributed by atoms with E-state index in [-0.39, 0.29) is 24.8 Å². The molecule has 2 aromatic carbocycles. The van der Waals surface area contributed by atoms with Gasteiger partial charge in [0.25, 0.3) is 0 Å². The number of hydrogen-bond acceptors (Lipinski definition) is 3. The normalized spacial score (nSPS) is 28.3. The maximum absolute atomic E-state index is 13.9. The summed E-state index contributed by atoms with van der Waals surface area (Å²) in [6, 6.07) is 10.5. The number of methoxy groups -OCH3 is 1. The molecule has 0 spiro atoms. The third-order valence-corrected chi connectivity index (χ3v) is 7.61. The van der Waals surface area contributed by atoms with Gasteiger partial charge >= 0.3 is 0 Å². The predicted molar refractivity (Wildman–Crippen MR) is 124 cm³/mol. The molecule has 0 saturated heterocycles. The van der Waals surface area contributed by atoms with Crippen molar-refractivity contribution < 1.29 is 13.9 Å². The summed E-state index contributed by atoms with van der Waals surface area (Å²) in [4.78, 5) is 0. The zero-order valence-electron chi connectivity index (χ0n) is 17.8. The Balaban J connectivity index is 0.00000231. The third-order valence-electron chi connectivity index (χ3n) is 7.32. The first-order chi connectivity index (χ1) is 14.5. The molecule has 168 valence electrons. The third kappa shape index (κ3) is 4.67. The Hall–Kier alpha value is -1.49. The fourth-order valence-corrected chi connectivity index (χ4v) is 6.69. The Kier molecular flexibility index (Phi) is 6.71. The van der Waals surface area contributed by atoms with Gasteiger partial charge in [-0.1, -0.05) is 29.8 Å². The Morgan fingerprint density at radius 2 is 1.71 bits per heavy atom. The molecule has 0 aliphatic heterocycles. The molecule has 4 bridgehead atoms. The van der Waals surface area contributed by atoms with Crippen LogP contribution in [0.3, 0.4) is 0 Å². The summed E-state index contributed by atoms with van der Waals surface area (Å²) in [6.45, 7) is 0.878.